The first-order valence-electron chi connectivity index (χ1n) is 4.22. The minimum Gasteiger partial charge on any atom is -0.459 e. The third-order valence-corrected chi connectivity index (χ3v) is 2.20. The average Bonchev–Trinajstić information content (AvgIpc) is 2.09. The van der Waals surface area contributed by atoms with Gasteiger partial charge in [-0.15, -0.1) is 11.6 Å². The van der Waals surface area contributed by atoms with Crippen LogP contribution in [0, 0.1) is 0 Å². The van der Waals surface area contributed by atoms with Crippen molar-refractivity contribution in [1.29, 1.82) is 0 Å². The third-order valence-electron chi connectivity index (χ3n) is 1.99. The molecule has 1 fully saturated rings. The molecule has 1 unspecified atom stereocenters. The van der Waals surface area contributed by atoms with Crippen LogP contribution in [0.3, 0.4) is 0 Å². The number of carbonyl (C=O) groups excluding carboxylic acids is 1. The first kappa shape index (κ1) is 10.8. The van der Waals surface area contributed by atoms with E-state index in [1.54, 1.807) is 6.92 Å². The highest BCUT2D eigenvalue weighted by atomic mass is 35.5. The fourth-order valence-electron chi connectivity index (χ4n) is 1.30. The Morgan fingerprint density at radius 2 is 2.38 bits per heavy atom. The third kappa shape index (κ3) is 3.14. The maximum Gasteiger partial charge on any atom is 0.321 e. The molecule has 1 saturated heterocycles. The van der Waals surface area contributed by atoms with Crippen molar-refractivity contribution in [2.45, 2.75) is 38.3 Å². The highest BCUT2D eigenvalue weighted by Gasteiger charge is 2.29. The van der Waals surface area contributed by atoms with Gasteiger partial charge in [0.05, 0.1) is 6.10 Å². The maximum atomic E-state index is 10.8. The molecule has 13 heavy (non-hydrogen) atoms. The van der Waals surface area contributed by atoms with E-state index in [1.165, 1.54) is 0 Å². The Bertz CT molecular complexity index is 185. The van der Waals surface area contributed by atoms with Gasteiger partial charge in [-0.3, -0.25) is 4.79 Å². The van der Waals surface area contributed by atoms with Gasteiger partial charge < -0.3 is 14.6 Å². The van der Waals surface area contributed by atoms with Crippen molar-refractivity contribution >= 4 is 17.6 Å². The number of hydrogen-bond acceptors (Lipinski definition) is 4. The van der Waals surface area contributed by atoms with Crippen LogP contribution in [0.5, 0.6) is 0 Å². The van der Waals surface area contributed by atoms with Gasteiger partial charge in [0.1, 0.15) is 12.0 Å². The van der Waals surface area contributed by atoms with Crippen LogP contribution in [0.1, 0.15) is 19.8 Å². The Morgan fingerprint density at radius 1 is 1.69 bits per heavy atom. The summed E-state index contributed by atoms with van der Waals surface area (Å²) in [6.45, 7) is 1.76. The number of alkyl halides is 1. The Labute approximate surface area is 81.8 Å². The van der Waals surface area contributed by atoms with E-state index in [1.807, 2.05) is 0 Å². The van der Waals surface area contributed by atoms with E-state index in [-0.39, 0.29) is 18.1 Å². The molecular weight excluding hydrogens is 196 g/mol. The van der Waals surface area contributed by atoms with Crippen LogP contribution in [0.25, 0.3) is 0 Å². The molecule has 1 rings (SSSR count). The van der Waals surface area contributed by atoms with Crippen molar-refractivity contribution < 1.29 is 19.4 Å². The maximum absolute atomic E-state index is 10.8. The Hall–Kier alpha value is -0.320. The lowest BCUT2D eigenvalue weighted by Gasteiger charge is -2.31. The second kappa shape index (κ2) is 4.79. The highest BCUT2D eigenvalue weighted by molar-refractivity contribution is 6.26. The highest BCUT2D eigenvalue weighted by Crippen LogP contribution is 2.20. The Balaban J connectivity index is 2.38. The lowest BCUT2D eigenvalue weighted by molar-refractivity contribution is -0.205. The second-order valence-electron chi connectivity index (χ2n) is 3.04. The average molecular weight is 209 g/mol. The molecule has 0 aliphatic carbocycles. The number of aliphatic hydroxyl groups is 1. The zero-order valence-corrected chi connectivity index (χ0v) is 8.16. The summed E-state index contributed by atoms with van der Waals surface area (Å²) in [5, 5.41) is 9.10. The molecule has 1 heterocycles. The number of rotatable bonds is 2. The summed E-state index contributed by atoms with van der Waals surface area (Å²) in [6.07, 6.45) is -0.179. The zero-order chi connectivity index (χ0) is 9.84. The van der Waals surface area contributed by atoms with Crippen LogP contribution in [-0.4, -0.2) is 35.5 Å². The van der Waals surface area contributed by atoms with Gasteiger partial charge >= 0.3 is 5.97 Å². The molecule has 1 aliphatic heterocycles. The van der Waals surface area contributed by atoms with E-state index < -0.39 is 12.3 Å². The predicted octanol–water partition coefficient (Wildman–Crippen LogP) is 0.654. The fourth-order valence-corrected chi connectivity index (χ4v) is 1.36. The number of aliphatic hydroxyl groups excluding tert-OH is 1. The first-order chi connectivity index (χ1) is 6.13. The van der Waals surface area contributed by atoms with E-state index in [9.17, 15) is 4.79 Å². The lowest BCUT2D eigenvalue weighted by Crippen LogP contribution is -2.39. The molecule has 4 nitrogen and oxygen atoms in total. The molecule has 0 radical (unpaired) electrons. The van der Waals surface area contributed by atoms with Gasteiger partial charge in [0.2, 0.25) is 0 Å². The Kier molecular flexibility index (Phi) is 3.96. The van der Waals surface area contributed by atoms with E-state index in [4.69, 9.17) is 26.2 Å². The van der Waals surface area contributed by atoms with E-state index in [2.05, 4.69) is 0 Å². The molecule has 76 valence electrons. The van der Waals surface area contributed by atoms with Gasteiger partial charge in [-0.05, 0) is 13.3 Å². The predicted molar refractivity (Wildman–Crippen MR) is 46.4 cm³/mol. The first-order valence-corrected chi connectivity index (χ1v) is 4.76. The van der Waals surface area contributed by atoms with Crippen LogP contribution in [0.15, 0.2) is 0 Å². The molecule has 0 aromatic carbocycles. The largest absolute Gasteiger partial charge is 0.459 e. The summed E-state index contributed by atoms with van der Waals surface area (Å²) in [7, 11) is 0. The van der Waals surface area contributed by atoms with Crippen molar-refractivity contribution in [3.8, 4) is 0 Å². The van der Waals surface area contributed by atoms with Gasteiger partial charge in [0.25, 0.3) is 0 Å². The minimum atomic E-state index is -0.735. The molecule has 0 spiro atoms. The molecule has 1 N–H and O–H groups in total. The Morgan fingerprint density at radius 3 is 2.92 bits per heavy atom. The summed E-state index contributed by atoms with van der Waals surface area (Å²) in [4.78, 5) is 10.8. The summed E-state index contributed by atoms with van der Waals surface area (Å²) in [5.41, 5.74) is 0. The van der Waals surface area contributed by atoms with E-state index >= 15 is 0 Å². The monoisotopic (exact) mass is 208 g/mol. The molecule has 0 bridgehead atoms. The van der Waals surface area contributed by atoms with Gasteiger partial charge in [-0.2, -0.15) is 0 Å². The van der Waals surface area contributed by atoms with E-state index in [0.29, 0.717) is 12.8 Å². The SMILES string of the molecule is C[C@@H]1OC(O)CC[C@@H]1OC(=O)CCl. The molecule has 0 amide bonds. The van der Waals surface area contributed by atoms with Crippen molar-refractivity contribution in [1.82, 2.24) is 0 Å². The number of hydrogen-bond donors (Lipinski definition) is 1. The lowest BCUT2D eigenvalue weighted by atomic mass is 10.1. The number of esters is 1. The summed E-state index contributed by atoms with van der Waals surface area (Å²) < 4.78 is 10.1. The van der Waals surface area contributed by atoms with Gasteiger partial charge in [0.15, 0.2) is 6.29 Å². The minimum absolute atomic E-state index is 0.147. The van der Waals surface area contributed by atoms with Crippen LogP contribution in [0.4, 0.5) is 0 Å². The summed E-state index contributed by atoms with van der Waals surface area (Å²) >= 11 is 5.28. The summed E-state index contributed by atoms with van der Waals surface area (Å²) in [6, 6.07) is 0. The van der Waals surface area contributed by atoms with Crippen LogP contribution < -0.4 is 0 Å². The topological polar surface area (TPSA) is 55.8 Å². The molecule has 0 aromatic rings. The van der Waals surface area contributed by atoms with Gasteiger partial charge in [0, 0.05) is 6.42 Å². The van der Waals surface area contributed by atoms with Crippen LogP contribution in [-0.2, 0) is 14.3 Å². The second-order valence-corrected chi connectivity index (χ2v) is 3.30. The number of carbonyl (C=O) groups is 1. The van der Waals surface area contributed by atoms with Crippen molar-refractivity contribution in [3.63, 3.8) is 0 Å². The fraction of sp³-hybridized carbons (Fsp3) is 0.875. The smallest absolute Gasteiger partial charge is 0.321 e. The van der Waals surface area contributed by atoms with Gasteiger partial charge in [-0.25, -0.2) is 0 Å². The number of halogens is 1. The molecule has 1 aliphatic rings. The molecule has 0 saturated carbocycles. The molecular formula is C8H13ClO4. The van der Waals surface area contributed by atoms with Crippen LogP contribution >= 0.6 is 11.6 Å². The zero-order valence-electron chi connectivity index (χ0n) is 7.40. The molecule has 0 aromatic heterocycles. The van der Waals surface area contributed by atoms with Crippen molar-refractivity contribution in [2.75, 3.05) is 5.88 Å². The molecule has 5 heteroatoms. The van der Waals surface area contributed by atoms with Gasteiger partial charge in [-0.1, -0.05) is 0 Å². The number of ether oxygens (including phenoxy) is 2. The quantitative estimate of drug-likeness (QED) is 0.535. The normalized spacial score (nSPS) is 34.2. The molecule has 3 atom stereocenters. The van der Waals surface area contributed by atoms with Crippen molar-refractivity contribution in [3.05, 3.63) is 0 Å². The summed E-state index contributed by atoms with van der Waals surface area (Å²) in [5.74, 6) is -0.593. The van der Waals surface area contributed by atoms with Crippen molar-refractivity contribution in [2.24, 2.45) is 0 Å². The van der Waals surface area contributed by atoms with Crippen LogP contribution in [0.2, 0.25) is 0 Å². The van der Waals surface area contributed by atoms with E-state index in [0.717, 1.165) is 0 Å². The standard InChI is InChI=1S/C8H13ClO4/c1-5-6(13-8(11)4-9)2-3-7(10)12-5/h5-7,10H,2-4H2,1H3/t5-,6-,7?/m0/s1.